The van der Waals surface area contributed by atoms with Gasteiger partial charge in [-0.05, 0) is 41.5 Å². The first-order valence-corrected chi connectivity index (χ1v) is 13.9. The molecule has 2 rings (SSSR count). The van der Waals surface area contributed by atoms with Crippen molar-refractivity contribution < 1.29 is 20.1 Å². The Morgan fingerprint density at radius 2 is 1.42 bits per heavy atom. The lowest BCUT2D eigenvalue weighted by molar-refractivity contribution is 0.0740. The number of rotatable bonds is 8. The Bertz CT molecular complexity index is 818. The molecule has 0 heterocycles. The fraction of sp³-hybridized carbons (Fsp3) is 0.581. The second-order valence-corrected chi connectivity index (χ2v) is 7.48. The molecule has 0 aliphatic rings. The van der Waals surface area contributed by atoms with Crippen molar-refractivity contribution in [1.29, 1.82) is 0 Å². The molecule has 2 aromatic rings. The molecule has 1 unspecified atom stereocenters. The molecule has 5 heteroatoms. The van der Waals surface area contributed by atoms with Crippen LogP contribution in [0.2, 0.25) is 0 Å². The lowest BCUT2D eigenvalue weighted by atomic mass is 9.98. The minimum absolute atomic E-state index is 0.00709. The average molecular weight is 506 g/mol. The summed E-state index contributed by atoms with van der Waals surface area (Å²) in [5, 5.41) is 30.4. The fourth-order valence-electron chi connectivity index (χ4n) is 3.28. The standard InChI is InChI=1S/C23H31NO4.4C2H6/c1-5-10-24(14-16-8-7-9-17(11-16)20(25)6-2)23(28)19-12-18(15(3)4)21(26)13-22(19)27;4*1-2/h7-9,11-13,15,20,25-27H,5-6,10,14H2,1-4H3;4*1-2H3. The molecule has 0 spiro atoms. The molecule has 0 saturated carbocycles. The predicted octanol–water partition coefficient (Wildman–Crippen LogP) is 8.82. The summed E-state index contributed by atoms with van der Waals surface area (Å²) in [4.78, 5) is 14.8. The first-order chi connectivity index (χ1) is 17.3. The van der Waals surface area contributed by atoms with Crippen molar-refractivity contribution in [1.82, 2.24) is 4.90 Å². The molecule has 1 amide bonds. The number of carbonyl (C=O) groups excluding carboxylic acids is 1. The number of aliphatic hydroxyl groups is 1. The van der Waals surface area contributed by atoms with Crippen LogP contribution in [0.3, 0.4) is 0 Å². The van der Waals surface area contributed by atoms with E-state index in [9.17, 15) is 20.1 Å². The molecule has 0 radical (unpaired) electrons. The van der Waals surface area contributed by atoms with Crippen molar-refractivity contribution in [2.24, 2.45) is 0 Å². The van der Waals surface area contributed by atoms with Gasteiger partial charge in [-0.25, -0.2) is 0 Å². The molecule has 0 bridgehead atoms. The third-order valence-electron chi connectivity index (χ3n) is 4.87. The number of benzene rings is 2. The first-order valence-electron chi connectivity index (χ1n) is 13.9. The van der Waals surface area contributed by atoms with E-state index in [4.69, 9.17) is 0 Å². The maximum absolute atomic E-state index is 13.2. The Labute approximate surface area is 222 Å². The van der Waals surface area contributed by atoms with Gasteiger partial charge >= 0.3 is 0 Å². The van der Waals surface area contributed by atoms with Crippen LogP contribution >= 0.6 is 0 Å². The zero-order valence-corrected chi connectivity index (χ0v) is 25.1. The maximum atomic E-state index is 13.2. The number of aromatic hydroxyl groups is 2. The van der Waals surface area contributed by atoms with Crippen molar-refractivity contribution in [3.05, 3.63) is 58.7 Å². The highest BCUT2D eigenvalue weighted by Crippen LogP contribution is 2.33. The number of carbonyl (C=O) groups is 1. The first kappa shape index (κ1) is 38.0. The number of aliphatic hydroxyl groups excluding tert-OH is 1. The summed E-state index contributed by atoms with van der Waals surface area (Å²) in [7, 11) is 0. The number of phenolic OH excluding ortho intramolecular Hbond substituents is 2. The number of hydrogen-bond donors (Lipinski definition) is 3. The Hall–Kier alpha value is -2.53. The third-order valence-corrected chi connectivity index (χ3v) is 4.87. The minimum Gasteiger partial charge on any atom is -0.508 e. The zero-order chi connectivity index (χ0) is 28.8. The van der Waals surface area contributed by atoms with Gasteiger partial charge in [-0.2, -0.15) is 0 Å². The topological polar surface area (TPSA) is 81.0 Å². The van der Waals surface area contributed by atoms with Crippen LogP contribution in [0.4, 0.5) is 0 Å². The Morgan fingerprint density at radius 1 is 0.861 bits per heavy atom. The highest BCUT2D eigenvalue weighted by molar-refractivity contribution is 5.97. The van der Waals surface area contributed by atoms with E-state index in [1.807, 2.05) is 107 Å². The van der Waals surface area contributed by atoms with Gasteiger partial charge in [0, 0.05) is 19.2 Å². The summed E-state index contributed by atoms with van der Waals surface area (Å²) >= 11 is 0. The van der Waals surface area contributed by atoms with Crippen LogP contribution in [0, 0.1) is 0 Å². The molecule has 0 aromatic heterocycles. The lowest BCUT2D eigenvalue weighted by Crippen LogP contribution is -2.31. The molecular weight excluding hydrogens is 450 g/mol. The van der Waals surface area contributed by atoms with Gasteiger partial charge in [0.1, 0.15) is 11.5 Å². The van der Waals surface area contributed by atoms with Crippen LogP contribution < -0.4 is 0 Å². The molecule has 3 N–H and O–H groups in total. The van der Waals surface area contributed by atoms with E-state index < -0.39 is 6.10 Å². The summed E-state index contributed by atoms with van der Waals surface area (Å²) in [5.41, 5.74) is 2.58. The second kappa shape index (κ2) is 22.9. The summed E-state index contributed by atoms with van der Waals surface area (Å²) < 4.78 is 0. The molecule has 0 aliphatic heterocycles. The lowest BCUT2D eigenvalue weighted by Gasteiger charge is -2.24. The van der Waals surface area contributed by atoms with E-state index in [0.717, 1.165) is 17.5 Å². The molecule has 0 saturated heterocycles. The van der Waals surface area contributed by atoms with E-state index in [1.165, 1.54) is 6.07 Å². The van der Waals surface area contributed by atoms with Crippen LogP contribution in [0.5, 0.6) is 11.5 Å². The van der Waals surface area contributed by atoms with Crippen LogP contribution in [-0.2, 0) is 6.54 Å². The van der Waals surface area contributed by atoms with E-state index in [-0.39, 0.29) is 28.9 Å². The summed E-state index contributed by atoms with van der Waals surface area (Å²) in [6.07, 6.45) is 0.879. The third kappa shape index (κ3) is 12.4. The Balaban J connectivity index is -0.00000124. The van der Waals surface area contributed by atoms with Crippen LogP contribution in [0.25, 0.3) is 0 Å². The minimum atomic E-state index is -0.523. The van der Waals surface area contributed by atoms with Crippen LogP contribution in [0.1, 0.15) is 135 Å². The van der Waals surface area contributed by atoms with Gasteiger partial charge in [-0.3, -0.25) is 4.79 Å². The fourth-order valence-corrected chi connectivity index (χ4v) is 3.28. The SMILES string of the molecule is CC.CC.CC.CC.CCCN(Cc1cccc(C(O)CC)c1)C(=O)c1cc(C(C)C)c(O)cc1O. The van der Waals surface area contributed by atoms with Crippen molar-refractivity contribution in [3.8, 4) is 11.5 Å². The number of hydrogen-bond acceptors (Lipinski definition) is 4. The van der Waals surface area contributed by atoms with Gasteiger partial charge in [0.2, 0.25) is 0 Å². The Morgan fingerprint density at radius 3 is 1.89 bits per heavy atom. The van der Waals surface area contributed by atoms with Crippen molar-refractivity contribution in [2.75, 3.05) is 6.54 Å². The summed E-state index contributed by atoms with van der Waals surface area (Å²) in [5.74, 6) is -0.475. The van der Waals surface area contributed by atoms with E-state index in [0.29, 0.717) is 25.1 Å². The van der Waals surface area contributed by atoms with Gasteiger partial charge < -0.3 is 20.2 Å². The van der Waals surface area contributed by atoms with Crippen molar-refractivity contribution in [2.45, 2.75) is 114 Å². The molecular formula is C31H55NO4. The number of amides is 1. The van der Waals surface area contributed by atoms with E-state index in [1.54, 1.807) is 11.0 Å². The van der Waals surface area contributed by atoms with Gasteiger partial charge in [0.25, 0.3) is 5.91 Å². The second-order valence-electron chi connectivity index (χ2n) is 7.48. The highest BCUT2D eigenvalue weighted by Gasteiger charge is 2.22. The maximum Gasteiger partial charge on any atom is 0.257 e. The molecule has 1 atom stereocenters. The quantitative estimate of drug-likeness (QED) is 0.335. The monoisotopic (exact) mass is 505 g/mol. The van der Waals surface area contributed by atoms with Gasteiger partial charge in [0.05, 0.1) is 11.7 Å². The van der Waals surface area contributed by atoms with Crippen molar-refractivity contribution in [3.63, 3.8) is 0 Å². The molecule has 2 aromatic carbocycles. The number of phenols is 2. The van der Waals surface area contributed by atoms with E-state index >= 15 is 0 Å². The summed E-state index contributed by atoms with van der Waals surface area (Å²) in [6, 6.07) is 10.4. The molecule has 208 valence electrons. The van der Waals surface area contributed by atoms with Gasteiger partial charge in [-0.1, -0.05) is 107 Å². The predicted molar refractivity (Wildman–Crippen MR) is 156 cm³/mol. The molecule has 0 aliphatic carbocycles. The van der Waals surface area contributed by atoms with Gasteiger partial charge in [0.15, 0.2) is 0 Å². The normalized spacial score (nSPS) is 10.2. The summed E-state index contributed by atoms with van der Waals surface area (Å²) in [6.45, 7) is 24.7. The zero-order valence-electron chi connectivity index (χ0n) is 25.1. The molecule has 36 heavy (non-hydrogen) atoms. The molecule has 5 nitrogen and oxygen atoms in total. The molecule has 0 fully saturated rings. The van der Waals surface area contributed by atoms with Crippen LogP contribution in [-0.4, -0.2) is 32.7 Å². The largest absolute Gasteiger partial charge is 0.508 e. The highest BCUT2D eigenvalue weighted by atomic mass is 16.3. The Kier molecular flexibility index (Phi) is 24.2. The van der Waals surface area contributed by atoms with Gasteiger partial charge in [-0.15, -0.1) is 0 Å². The average Bonchev–Trinajstić information content (AvgIpc) is 2.92. The van der Waals surface area contributed by atoms with Crippen LogP contribution in [0.15, 0.2) is 36.4 Å². The smallest absolute Gasteiger partial charge is 0.257 e. The van der Waals surface area contributed by atoms with Crippen molar-refractivity contribution >= 4 is 5.91 Å². The number of nitrogens with zero attached hydrogens (tertiary/aromatic N) is 1. The van der Waals surface area contributed by atoms with E-state index in [2.05, 4.69) is 0 Å².